The Kier molecular flexibility index (Phi) is 4.29. The van der Waals surface area contributed by atoms with Crippen LogP contribution in [0, 0.1) is 34.6 Å². The van der Waals surface area contributed by atoms with E-state index in [1.807, 2.05) is 0 Å². The van der Waals surface area contributed by atoms with Gasteiger partial charge in [-0.15, -0.1) is 0 Å². The second-order valence-electron chi connectivity index (χ2n) is 5.59. The van der Waals surface area contributed by atoms with Crippen molar-refractivity contribution in [3.63, 3.8) is 0 Å². The van der Waals surface area contributed by atoms with Crippen molar-refractivity contribution in [1.29, 1.82) is 0 Å². The molecule has 2 aromatic rings. The molecule has 0 spiro atoms. The number of aryl methyl sites for hydroxylation is 3. The minimum absolute atomic E-state index is 0.737. The predicted octanol–water partition coefficient (Wildman–Crippen LogP) is 2.95. The van der Waals surface area contributed by atoms with E-state index in [0.717, 1.165) is 13.2 Å². The molecule has 2 rings (SSSR count). The zero-order valence-corrected chi connectivity index (χ0v) is 13.4. The van der Waals surface area contributed by atoms with Gasteiger partial charge in [0, 0.05) is 21.0 Å². The van der Waals surface area contributed by atoms with Crippen molar-refractivity contribution >= 4 is 0 Å². The zero-order chi connectivity index (χ0) is 14.9. The van der Waals surface area contributed by atoms with E-state index >= 15 is 0 Å². The maximum Gasteiger partial charge on any atom is 0.249 e. The summed E-state index contributed by atoms with van der Waals surface area (Å²) in [5, 5.41) is 0. The van der Waals surface area contributed by atoms with Gasteiger partial charge in [-0.1, -0.05) is 17.7 Å². The minimum Gasteiger partial charge on any atom is -0.381 e. The lowest BCUT2D eigenvalue weighted by molar-refractivity contribution is -0.703. The lowest BCUT2D eigenvalue weighted by Crippen LogP contribution is -2.36. The summed E-state index contributed by atoms with van der Waals surface area (Å²) in [6.45, 7) is 12.5. The average molecular weight is 273 g/mol. The van der Waals surface area contributed by atoms with Gasteiger partial charge < -0.3 is 4.74 Å². The van der Waals surface area contributed by atoms with Crippen molar-refractivity contribution < 1.29 is 9.30 Å². The van der Waals surface area contributed by atoms with E-state index < -0.39 is 0 Å². The van der Waals surface area contributed by atoms with Crippen LogP contribution < -0.4 is 4.57 Å². The Bertz CT molecular complexity index is 603. The third-order valence-corrected chi connectivity index (χ3v) is 3.98. The van der Waals surface area contributed by atoms with Gasteiger partial charge in [-0.3, -0.25) is 0 Å². The fourth-order valence-corrected chi connectivity index (χ4v) is 2.89. The molecule has 3 heteroatoms. The number of imidazole rings is 1. The molecule has 20 heavy (non-hydrogen) atoms. The highest BCUT2D eigenvalue weighted by atomic mass is 16.5. The van der Waals surface area contributed by atoms with E-state index in [0.29, 0.717) is 0 Å². The van der Waals surface area contributed by atoms with Crippen LogP contribution in [0.25, 0.3) is 5.69 Å². The van der Waals surface area contributed by atoms with Crippen molar-refractivity contribution in [2.24, 2.45) is 0 Å². The fraction of sp³-hybridized carbons (Fsp3) is 0.471. The van der Waals surface area contributed by atoms with Gasteiger partial charge in [0.2, 0.25) is 6.33 Å². The quantitative estimate of drug-likeness (QED) is 0.783. The number of ether oxygens (including phenoxy) is 1. The highest BCUT2D eigenvalue weighted by Crippen LogP contribution is 2.22. The van der Waals surface area contributed by atoms with Gasteiger partial charge in [-0.2, -0.15) is 4.57 Å². The Morgan fingerprint density at radius 2 is 1.65 bits per heavy atom. The van der Waals surface area contributed by atoms with Crippen LogP contribution in [0.2, 0.25) is 0 Å². The van der Waals surface area contributed by atoms with Crippen LogP contribution in [-0.2, 0) is 11.3 Å². The maximum absolute atomic E-state index is 5.19. The van der Waals surface area contributed by atoms with E-state index in [4.69, 9.17) is 4.74 Å². The van der Waals surface area contributed by atoms with Crippen molar-refractivity contribution in [1.82, 2.24) is 4.57 Å². The molecular weight excluding hydrogens is 248 g/mol. The van der Waals surface area contributed by atoms with Crippen molar-refractivity contribution in [3.8, 4) is 5.69 Å². The lowest BCUT2D eigenvalue weighted by Gasteiger charge is -2.08. The average Bonchev–Trinajstić information content (AvgIpc) is 2.64. The van der Waals surface area contributed by atoms with Crippen molar-refractivity contribution in [3.05, 3.63) is 46.5 Å². The van der Waals surface area contributed by atoms with Gasteiger partial charge in [0.25, 0.3) is 0 Å². The third kappa shape index (κ3) is 2.63. The summed E-state index contributed by atoms with van der Waals surface area (Å²) < 4.78 is 9.75. The van der Waals surface area contributed by atoms with E-state index in [1.165, 1.54) is 33.8 Å². The van der Waals surface area contributed by atoms with Crippen LogP contribution in [0.4, 0.5) is 0 Å². The molecule has 1 heterocycles. The molecule has 0 bridgehead atoms. The predicted molar refractivity (Wildman–Crippen MR) is 81.5 cm³/mol. The molecule has 0 aliphatic rings. The van der Waals surface area contributed by atoms with E-state index in [-0.39, 0.29) is 0 Å². The molecule has 1 aromatic carbocycles. The lowest BCUT2D eigenvalue weighted by atomic mass is 10.0. The largest absolute Gasteiger partial charge is 0.381 e. The third-order valence-electron chi connectivity index (χ3n) is 3.98. The molecule has 0 radical (unpaired) electrons. The number of benzene rings is 1. The molecule has 0 saturated heterocycles. The normalized spacial score (nSPS) is 11.1. The minimum atomic E-state index is 0.737. The number of rotatable bonds is 4. The Labute approximate surface area is 121 Å². The number of hydrogen-bond donors (Lipinski definition) is 0. The van der Waals surface area contributed by atoms with Crippen LogP contribution in [0.5, 0.6) is 0 Å². The summed E-state index contributed by atoms with van der Waals surface area (Å²) >= 11 is 0. The smallest absolute Gasteiger partial charge is 0.249 e. The van der Waals surface area contributed by atoms with Crippen molar-refractivity contribution in [2.45, 2.75) is 41.2 Å². The molecule has 108 valence electrons. The Hall–Kier alpha value is -1.61. The Morgan fingerprint density at radius 1 is 1.05 bits per heavy atom. The van der Waals surface area contributed by atoms with Crippen LogP contribution in [0.15, 0.2) is 18.5 Å². The molecule has 0 aliphatic heterocycles. The number of nitrogens with zero attached hydrogens (tertiary/aromatic N) is 2. The van der Waals surface area contributed by atoms with Crippen LogP contribution in [-0.4, -0.2) is 18.3 Å². The van der Waals surface area contributed by atoms with E-state index in [9.17, 15) is 0 Å². The van der Waals surface area contributed by atoms with Crippen LogP contribution >= 0.6 is 0 Å². The van der Waals surface area contributed by atoms with Crippen LogP contribution in [0.3, 0.4) is 0 Å². The van der Waals surface area contributed by atoms with Gasteiger partial charge in [-0.05, 0) is 31.9 Å². The van der Waals surface area contributed by atoms with Crippen molar-refractivity contribution in [2.75, 3.05) is 13.7 Å². The Morgan fingerprint density at radius 3 is 2.20 bits per heavy atom. The monoisotopic (exact) mass is 273 g/mol. The molecule has 3 nitrogen and oxygen atoms in total. The molecule has 1 aromatic heterocycles. The van der Waals surface area contributed by atoms with E-state index in [1.54, 1.807) is 7.11 Å². The molecule has 0 aliphatic carbocycles. The zero-order valence-electron chi connectivity index (χ0n) is 13.4. The molecule has 0 amide bonds. The van der Waals surface area contributed by atoms with Gasteiger partial charge >= 0.3 is 0 Å². The summed E-state index contributed by atoms with van der Waals surface area (Å²) in [5.41, 5.74) is 7.83. The first-order valence-electron chi connectivity index (χ1n) is 7.11. The molecule has 0 fully saturated rings. The highest BCUT2D eigenvalue weighted by molar-refractivity contribution is 5.50. The van der Waals surface area contributed by atoms with Crippen LogP contribution in [0.1, 0.15) is 28.1 Å². The standard InChI is InChI=1S/C17H25N2O/c1-12-9-13(2)17(14(3)10-12)19-11-18(7-8-20-6)15(4)16(19)5/h9-11H,7-8H2,1-6H3/q+1. The topological polar surface area (TPSA) is 18.0 Å². The first-order valence-corrected chi connectivity index (χ1v) is 7.11. The molecular formula is C17H25N2O+. The van der Waals surface area contributed by atoms with Gasteiger partial charge in [0.15, 0.2) is 0 Å². The summed E-state index contributed by atoms with van der Waals surface area (Å²) in [6, 6.07) is 4.49. The summed E-state index contributed by atoms with van der Waals surface area (Å²) in [5.74, 6) is 0. The second-order valence-corrected chi connectivity index (χ2v) is 5.59. The Balaban J connectivity index is 2.54. The summed E-state index contributed by atoms with van der Waals surface area (Å²) in [4.78, 5) is 0. The number of methoxy groups -OCH3 is 1. The SMILES string of the molecule is COCC[n+]1cn(-c2c(C)cc(C)cc2C)c(C)c1C. The molecule has 0 saturated carbocycles. The number of aromatic nitrogens is 2. The maximum atomic E-state index is 5.19. The highest BCUT2D eigenvalue weighted by Gasteiger charge is 2.20. The summed E-state index contributed by atoms with van der Waals surface area (Å²) in [7, 11) is 1.74. The fourth-order valence-electron chi connectivity index (χ4n) is 2.89. The van der Waals surface area contributed by atoms with E-state index in [2.05, 4.69) is 62.2 Å². The molecule has 0 atom stereocenters. The first kappa shape index (κ1) is 14.8. The second kappa shape index (κ2) is 5.80. The van der Waals surface area contributed by atoms with Gasteiger partial charge in [-0.25, -0.2) is 4.57 Å². The summed E-state index contributed by atoms with van der Waals surface area (Å²) in [6.07, 6.45) is 2.19. The van der Waals surface area contributed by atoms with Gasteiger partial charge in [0.05, 0.1) is 6.61 Å². The molecule has 0 unspecified atom stereocenters. The van der Waals surface area contributed by atoms with Gasteiger partial charge in [0.1, 0.15) is 23.6 Å². The number of hydrogen-bond acceptors (Lipinski definition) is 1. The first-order chi connectivity index (χ1) is 9.45. The molecule has 0 N–H and O–H groups in total.